The lowest BCUT2D eigenvalue weighted by Gasteiger charge is -2.23. The number of nitrogens with zero attached hydrogens (tertiary/aromatic N) is 2. The highest BCUT2D eigenvalue weighted by Crippen LogP contribution is 2.25. The first-order valence-corrected chi connectivity index (χ1v) is 9.11. The van der Waals surface area contributed by atoms with Crippen LogP contribution in [0, 0.1) is 0 Å². The molecule has 1 aromatic rings. The van der Waals surface area contributed by atoms with Gasteiger partial charge in [0.15, 0.2) is 0 Å². The average molecular weight is 319 g/mol. The Morgan fingerprint density at radius 2 is 1.95 bits per heavy atom. The Kier molecular flexibility index (Phi) is 7.11. The molecular weight excluding hydrogens is 294 g/mol. The third-order valence-corrected chi connectivity index (χ3v) is 5.96. The van der Waals surface area contributed by atoms with Gasteiger partial charge in [0.2, 0.25) is 10.0 Å². The van der Waals surface area contributed by atoms with E-state index in [1.165, 1.54) is 11.3 Å². The summed E-state index contributed by atoms with van der Waals surface area (Å²) in [6, 6.07) is 1.71. The Bertz CT molecular complexity index is 497. The Morgan fingerprint density at radius 3 is 2.50 bits per heavy atom. The molecule has 0 saturated carbocycles. The number of sulfonamides is 1. The van der Waals surface area contributed by atoms with Crippen LogP contribution in [0.15, 0.2) is 16.3 Å². The minimum absolute atomic E-state index is 0.448. The molecule has 1 rings (SSSR count). The average Bonchev–Trinajstić information content (AvgIpc) is 2.83. The van der Waals surface area contributed by atoms with Crippen LogP contribution in [-0.4, -0.2) is 58.4 Å². The van der Waals surface area contributed by atoms with Gasteiger partial charge < -0.3 is 10.2 Å². The zero-order valence-electron chi connectivity index (χ0n) is 12.7. The summed E-state index contributed by atoms with van der Waals surface area (Å²) >= 11 is 1.48. The third-order valence-electron chi connectivity index (χ3n) is 2.93. The van der Waals surface area contributed by atoms with E-state index in [9.17, 15) is 8.42 Å². The second-order valence-electron chi connectivity index (χ2n) is 4.95. The minimum Gasteiger partial charge on any atom is -0.315 e. The van der Waals surface area contributed by atoms with Crippen molar-refractivity contribution in [1.29, 1.82) is 0 Å². The van der Waals surface area contributed by atoms with Crippen molar-refractivity contribution in [2.45, 2.75) is 24.8 Å². The van der Waals surface area contributed by atoms with Crippen molar-refractivity contribution in [2.24, 2.45) is 0 Å². The summed E-state index contributed by atoms with van der Waals surface area (Å²) in [5.41, 5.74) is 0. The fourth-order valence-corrected chi connectivity index (χ4v) is 4.85. The van der Waals surface area contributed by atoms with Gasteiger partial charge in [0.1, 0.15) is 0 Å². The molecule has 1 N–H and O–H groups in total. The molecule has 116 valence electrons. The molecule has 0 fully saturated rings. The fourth-order valence-electron chi connectivity index (χ4n) is 1.90. The van der Waals surface area contributed by atoms with Crippen LogP contribution in [0.25, 0.3) is 0 Å². The summed E-state index contributed by atoms with van der Waals surface area (Å²) < 4.78 is 27.1. The first kappa shape index (κ1) is 17.6. The molecule has 20 heavy (non-hydrogen) atoms. The molecule has 0 bridgehead atoms. The molecule has 0 aliphatic carbocycles. The summed E-state index contributed by atoms with van der Waals surface area (Å²) in [6.45, 7) is 4.40. The fraction of sp³-hybridized carbons (Fsp3) is 0.692. The smallest absolute Gasteiger partial charge is 0.244 e. The Balaban J connectivity index is 2.99. The van der Waals surface area contributed by atoms with Crippen LogP contribution < -0.4 is 5.32 Å². The molecule has 0 unspecified atom stereocenters. The Labute approximate surface area is 126 Å². The number of hydrogen-bond acceptors (Lipinski definition) is 5. The molecule has 7 heteroatoms. The zero-order chi connectivity index (χ0) is 15.2. The van der Waals surface area contributed by atoms with E-state index in [0.29, 0.717) is 24.5 Å². The van der Waals surface area contributed by atoms with E-state index in [1.807, 2.05) is 38.3 Å². The van der Waals surface area contributed by atoms with E-state index in [4.69, 9.17) is 0 Å². The van der Waals surface area contributed by atoms with Crippen molar-refractivity contribution >= 4 is 21.4 Å². The lowest BCUT2D eigenvalue weighted by molar-refractivity contribution is 0.333. The van der Waals surface area contributed by atoms with Gasteiger partial charge in [-0.15, -0.1) is 11.3 Å². The molecular formula is C13H25N3O2S2. The van der Waals surface area contributed by atoms with Crippen LogP contribution in [0.4, 0.5) is 0 Å². The van der Waals surface area contributed by atoms with Crippen LogP contribution in [-0.2, 0) is 16.6 Å². The molecule has 0 radical (unpaired) electrons. The summed E-state index contributed by atoms with van der Waals surface area (Å²) in [5, 5.41) is 4.87. The van der Waals surface area contributed by atoms with Gasteiger partial charge in [0.25, 0.3) is 0 Å². The molecule has 5 nitrogen and oxygen atoms in total. The molecule has 0 aliphatic rings. The van der Waals surface area contributed by atoms with Gasteiger partial charge in [-0.1, -0.05) is 6.92 Å². The maximum absolute atomic E-state index is 12.8. The molecule has 0 aromatic carbocycles. The summed E-state index contributed by atoms with van der Waals surface area (Å²) in [5.74, 6) is 0. The lowest BCUT2D eigenvalue weighted by Crippen LogP contribution is -2.37. The largest absolute Gasteiger partial charge is 0.315 e. The molecule has 0 atom stereocenters. The number of hydrogen-bond donors (Lipinski definition) is 1. The van der Waals surface area contributed by atoms with E-state index in [-0.39, 0.29) is 0 Å². The standard InChI is InChI=1S/C13H25N3O2S2/c1-5-7-16(9-8-15(3)4)20(17,18)13-6-10-19-12(13)11-14-2/h6,10,14H,5,7-9,11H2,1-4H3. The molecule has 1 heterocycles. The van der Waals surface area contributed by atoms with Crippen LogP contribution in [0.5, 0.6) is 0 Å². The van der Waals surface area contributed by atoms with Crippen molar-refractivity contribution < 1.29 is 8.42 Å². The predicted molar refractivity (Wildman–Crippen MR) is 84.7 cm³/mol. The van der Waals surface area contributed by atoms with Gasteiger partial charge in [-0.05, 0) is 39.0 Å². The van der Waals surface area contributed by atoms with E-state index in [1.54, 1.807) is 10.4 Å². The third kappa shape index (κ3) is 4.53. The molecule has 0 aliphatic heterocycles. The molecule has 0 spiro atoms. The van der Waals surface area contributed by atoms with Gasteiger partial charge in [-0.3, -0.25) is 0 Å². The van der Waals surface area contributed by atoms with Crippen molar-refractivity contribution in [3.05, 3.63) is 16.3 Å². The predicted octanol–water partition coefficient (Wildman–Crippen LogP) is 1.43. The Morgan fingerprint density at radius 1 is 1.25 bits per heavy atom. The first-order chi connectivity index (χ1) is 9.43. The second-order valence-corrected chi connectivity index (χ2v) is 7.85. The van der Waals surface area contributed by atoms with Crippen LogP contribution in [0.1, 0.15) is 18.2 Å². The second kappa shape index (κ2) is 8.09. The van der Waals surface area contributed by atoms with Crippen molar-refractivity contribution in [3.63, 3.8) is 0 Å². The van der Waals surface area contributed by atoms with Crippen molar-refractivity contribution in [2.75, 3.05) is 40.8 Å². The van der Waals surface area contributed by atoms with E-state index in [2.05, 4.69) is 5.32 Å². The van der Waals surface area contributed by atoms with Gasteiger partial charge in [-0.2, -0.15) is 4.31 Å². The van der Waals surface area contributed by atoms with E-state index < -0.39 is 10.0 Å². The summed E-state index contributed by atoms with van der Waals surface area (Å²) in [4.78, 5) is 3.32. The van der Waals surface area contributed by atoms with Gasteiger partial charge in [0, 0.05) is 31.1 Å². The Hall–Kier alpha value is -0.470. The highest BCUT2D eigenvalue weighted by molar-refractivity contribution is 7.89. The topological polar surface area (TPSA) is 52.7 Å². The zero-order valence-corrected chi connectivity index (χ0v) is 14.4. The van der Waals surface area contributed by atoms with Crippen molar-refractivity contribution in [1.82, 2.24) is 14.5 Å². The van der Waals surface area contributed by atoms with Gasteiger partial charge >= 0.3 is 0 Å². The normalized spacial score (nSPS) is 12.5. The molecule has 1 aromatic heterocycles. The summed E-state index contributed by atoms with van der Waals surface area (Å²) in [7, 11) is 2.34. The number of nitrogens with one attached hydrogen (secondary N) is 1. The van der Waals surface area contributed by atoms with Crippen molar-refractivity contribution in [3.8, 4) is 0 Å². The summed E-state index contributed by atoms with van der Waals surface area (Å²) in [6.07, 6.45) is 0.818. The number of thiophene rings is 1. The highest BCUT2D eigenvalue weighted by atomic mass is 32.2. The van der Waals surface area contributed by atoms with E-state index in [0.717, 1.165) is 17.8 Å². The minimum atomic E-state index is -3.39. The van der Waals surface area contributed by atoms with Crippen LogP contribution in [0.3, 0.4) is 0 Å². The highest BCUT2D eigenvalue weighted by Gasteiger charge is 2.26. The number of likely N-dealkylation sites (N-methyl/N-ethyl adjacent to an activating group) is 1. The number of rotatable bonds is 9. The van der Waals surface area contributed by atoms with Crippen LogP contribution >= 0.6 is 11.3 Å². The maximum atomic E-state index is 12.8. The van der Waals surface area contributed by atoms with Crippen LogP contribution in [0.2, 0.25) is 0 Å². The monoisotopic (exact) mass is 319 g/mol. The maximum Gasteiger partial charge on any atom is 0.244 e. The quantitative estimate of drug-likeness (QED) is 0.748. The molecule has 0 saturated heterocycles. The lowest BCUT2D eigenvalue weighted by atomic mass is 10.4. The first-order valence-electron chi connectivity index (χ1n) is 6.79. The van der Waals surface area contributed by atoms with E-state index >= 15 is 0 Å². The van der Waals surface area contributed by atoms with Gasteiger partial charge in [-0.25, -0.2) is 8.42 Å². The molecule has 0 amide bonds. The SMILES string of the molecule is CCCN(CCN(C)C)S(=O)(=O)c1ccsc1CNC. The van der Waals surface area contributed by atoms with Gasteiger partial charge in [0.05, 0.1) is 4.90 Å².